The van der Waals surface area contributed by atoms with E-state index in [0.29, 0.717) is 12.4 Å². The predicted molar refractivity (Wildman–Crippen MR) is 103 cm³/mol. The van der Waals surface area contributed by atoms with E-state index >= 15 is 0 Å². The van der Waals surface area contributed by atoms with Crippen molar-refractivity contribution in [1.29, 1.82) is 0 Å². The molecule has 1 aliphatic heterocycles. The van der Waals surface area contributed by atoms with Crippen LogP contribution in [0.2, 0.25) is 0 Å². The molecule has 29 heavy (non-hydrogen) atoms. The standard InChI is InChI=1S/C20H19N7O2/c1-26-18-16(21-7-8-22-18)13-9-14(13)17(20(26)29)24-19(28)15-10-23-27(25-15)11-12-5-3-2-4-6-12/h2-8,10,13-14,17H,9,11H2,1H3,(H,24,28)/t13-,14+,17+/m1/s1. The quantitative estimate of drug-likeness (QED) is 0.713. The number of hydrogen-bond acceptors (Lipinski definition) is 6. The number of benzene rings is 1. The van der Waals surface area contributed by atoms with Crippen LogP contribution >= 0.6 is 0 Å². The highest BCUT2D eigenvalue weighted by Crippen LogP contribution is 2.53. The number of fused-ring (bicyclic) bond motifs is 3. The zero-order chi connectivity index (χ0) is 20.0. The number of likely N-dealkylation sites (N-methyl/N-ethyl adjacent to an activating group) is 1. The summed E-state index contributed by atoms with van der Waals surface area (Å²) in [7, 11) is 1.66. The Labute approximate surface area is 166 Å². The SMILES string of the molecule is CN1C(=O)[C@@H](NC(=O)c2cnn(Cc3ccccc3)n2)[C@H]2C[C@H]2c2nccnc21. The Balaban J connectivity index is 1.32. The number of nitrogens with one attached hydrogen (secondary N) is 1. The van der Waals surface area contributed by atoms with Crippen molar-refractivity contribution in [3.8, 4) is 0 Å². The summed E-state index contributed by atoms with van der Waals surface area (Å²) in [6.45, 7) is 0.469. The minimum atomic E-state index is -0.632. The summed E-state index contributed by atoms with van der Waals surface area (Å²) >= 11 is 0. The summed E-state index contributed by atoms with van der Waals surface area (Å²) in [5.41, 5.74) is 2.04. The molecule has 1 saturated carbocycles. The molecular formula is C20H19N7O2. The van der Waals surface area contributed by atoms with Crippen molar-refractivity contribution in [3.05, 3.63) is 65.9 Å². The van der Waals surface area contributed by atoms with E-state index in [9.17, 15) is 9.59 Å². The highest BCUT2D eigenvalue weighted by molar-refractivity contribution is 6.02. The maximum Gasteiger partial charge on any atom is 0.274 e. The monoisotopic (exact) mass is 389 g/mol. The Bertz CT molecular complexity index is 1080. The molecule has 146 valence electrons. The first-order chi connectivity index (χ1) is 14.1. The lowest BCUT2D eigenvalue weighted by molar-refractivity contribution is -0.120. The van der Waals surface area contributed by atoms with Crippen LogP contribution in [0.25, 0.3) is 0 Å². The van der Waals surface area contributed by atoms with Crippen LogP contribution in [0.4, 0.5) is 5.82 Å². The molecule has 1 N–H and O–H groups in total. The average molecular weight is 389 g/mol. The highest BCUT2D eigenvalue weighted by Gasteiger charge is 2.53. The zero-order valence-corrected chi connectivity index (χ0v) is 15.8. The lowest BCUT2D eigenvalue weighted by Gasteiger charge is -2.22. The van der Waals surface area contributed by atoms with Crippen LogP contribution < -0.4 is 10.2 Å². The van der Waals surface area contributed by atoms with Gasteiger partial charge in [-0.2, -0.15) is 9.90 Å². The summed E-state index contributed by atoms with van der Waals surface area (Å²) in [5.74, 6) is 0.115. The van der Waals surface area contributed by atoms with Gasteiger partial charge in [0.2, 0.25) is 0 Å². The Morgan fingerprint density at radius 3 is 2.83 bits per heavy atom. The third-order valence-corrected chi connectivity index (χ3v) is 5.46. The van der Waals surface area contributed by atoms with Crippen molar-refractivity contribution in [2.45, 2.75) is 24.9 Å². The van der Waals surface area contributed by atoms with Gasteiger partial charge in [0.15, 0.2) is 11.5 Å². The smallest absolute Gasteiger partial charge is 0.274 e. The fraction of sp³-hybridized carbons (Fsp3) is 0.300. The van der Waals surface area contributed by atoms with Crippen LogP contribution in [0, 0.1) is 5.92 Å². The molecule has 5 rings (SSSR count). The van der Waals surface area contributed by atoms with Crippen molar-refractivity contribution in [1.82, 2.24) is 30.3 Å². The normalized spacial score (nSPS) is 22.4. The molecule has 3 aromatic rings. The first kappa shape index (κ1) is 17.5. The fourth-order valence-corrected chi connectivity index (χ4v) is 3.86. The van der Waals surface area contributed by atoms with Gasteiger partial charge >= 0.3 is 0 Å². The zero-order valence-electron chi connectivity index (χ0n) is 15.8. The Morgan fingerprint density at radius 1 is 1.21 bits per heavy atom. The number of nitrogens with zero attached hydrogens (tertiary/aromatic N) is 6. The van der Waals surface area contributed by atoms with E-state index in [1.54, 1.807) is 19.4 Å². The topological polar surface area (TPSA) is 106 Å². The number of hydrogen-bond donors (Lipinski definition) is 1. The van der Waals surface area contributed by atoms with Crippen LogP contribution in [0.15, 0.2) is 48.9 Å². The van der Waals surface area contributed by atoms with Crippen LogP contribution in [0.5, 0.6) is 0 Å². The van der Waals surface area contributed by atoms with Crippen molar-refractivity contribution in [2.75, 3.05) is 11.9 Å². The molecule has 0 spiro atoms. The Kier molecular flexibility index (Phi) is 4.08. The molecule has 0 radical (unpaired) electrons. The molecule has 2 aliphatic rings. The number of carbonyl (C=O) groups is 2. The van der Waals surface area contributed by atoms with Gasteiger partial charge in [0, 0.05) is 25.4 Å². The third kappa shape index (κ3) is 3.14. The largest absolute Gasteiger partial charge is 0.338 e. The second-order valence-electron chi connectivity index (χ2n) is 7.37. The average Bonchev–Trinajstić information content (AvgIpc) is 3.41. The molecule has 1 aliphatic carbocycles. The Morgan fingerprint density at radius 2 is 2.00 bits per heavy atom. The third-order valence-electron chi connectivity index (χ3n) is 5.46. The summed E-state index contributed by atoms with van der Waals surface area (Å²) in [5, 5.41) is 11.3. The predicted octanol–water partition coefficient (Wildman–Crippen LogP) is 0.995. The Hall–Kier alpha value is -3.62. The van der Waals surface area contributed by atoms with Crippen molar-refractivity contribution < 1.29 is 9.59 Å². The first-order valence-corrected chi connectivity index (χ1v) is 9.45. The van der Waals surface area contributed by atoms with Gasteiger partial charge in [0.25, 0.3) is 11.8 Å². The summed E-state index contributed by atoms with van der Waals surface area (Å²) in [6, 6.07) is 9.12. The highest BCUT2D eigenvalue weighted by atomic mass is 16.2. The number of amides is 2. The van der Waals surface area contributed by atoms with Crippen molar-refractivity contribution in [3.63, 3.8) is 0 Å². The van der Waals surface area contributed by atoms with Gasteiger partial charge in [-0.05, 0) is 17.9 Å². The van der Waals surface area contributed by atoms with Crippen LogP contribution in [-0.4, -0.2) is 49.9 Å². The summed E-state index contributed by atoms with van der Waals surface area (Å²) < 4.78 is 0. The number of aromatic nitrogens is 5. The van der Waals surface area contributed by atoms with E-state index in [2.05, 4.69) is 25.5 Å². The van der Waals surface area contributed by atoms with Crippen molar-refractivity contribution in [2.24, 2.45) is 5.92 Å². The van der Waals surface area contributed by atoms with Gasteiger partial charge in [-0.15, -0.1) is 5.10 Å². The molecule has 3 atom stereocenters. The first-order valence-electron chi connectivity index (χ1n) is 9.45. The second-order valence-corrected chi connectivity index (χ2v) is 7.37. The fourth-order valence-electron chi connectivity index (χ4n) is 3.86. The van der Waals surface area contributed by atoms with E-state index < -0.39 is 11.9 Å². The molecule has 2 aromatic heterocycles. The number of anilines is 1. The van der Waals surface area contributed by atoms with Crippen LogP contribution in [-0.2, 0) is 11.3 Å². The van der Waals surface area contributed by atoms with Gasteiger partial charge in [-0.25, -0.2) is 4.98 Å². The molecular weight excluding hydrogens is 370 g/mol. The van der Waals surface area contributed by atoms with Crippen molar-refractivity contribution >= 4 is 17.6 Å². The summed E-state index contributed by atoms with van der Waals surface area (Å²) in [4.78, 5) is 37.4. The minimum Gasteiger partial charge on any atom is -0.338 e. The van der Waals surface area contributed by atoms with E-state index in [-0.39, 0.29) is 23.4 Å². The van der Waals surface area contributed by atoms with Gasteiger partial charge in [0.05, 0.1) is 18.4 Å². The van der Waals surface area contributed by atoms with Gasteiger partial charge in [0.1, 0.15) is 6.04 Å². The molecule has 3 heterocycles. The van der Waals surface area contributed by atoms with E-state index in [4.69, 9.17) is 0 Å². The lowest BCUT2D eigenvalue weighted by atomic mass is 10.1. The number of rotatable bonds is 4. The molecule has 1 aromatic carbocycles. The molecule has 0 unspecified atom stereocenters. The van der Waals surface area contributed by atoms with E-state index in [0.717, 1.165) is 17.7 Å². The van der Waals surface area contributed by atoms with Gasteiger partial charge < -0.3 is 5.32 Å². The lowest BCUT2D eigenvalue weighted by Crippen LogP contribution is -2.48. The summed E-state index contributed by atoms with van der Waals surface area (Å²) in [6.07, 6.45) is 5.43. The minimum absolute atomic E-state index is 0.0196. The maximum atomic E-state index is 13.0. The van der Waals surface area contributed by atoms with E-state index in [1.807, 2.05) is 30.3 Å². The van der Waals surface area contributed by atoms with Crippen LogP contribution in [0.3, 0.4) is 0 Å². The molecule has 1 fully saturated rings. The molecule has 2 amide bonds. The van der Waals surface area contributed by atoms with Gasteiger partial charge in [-0.3, -0.25) is 19.5 Å². The molecule has 9 heteroatoms. The molecule has 0 bridgehead atoms. The molecule has 0 saturated heterocycles. The maximum absolute atomic E-state index is 13.0. The van der Waals surface area contributed by atoms with Crippen LogP contribution in [0.1, 0.15) is 34.1 Å². The van der Waals surface area contributed by atoms with E-state index in [1.165, 1.54) is 15.9 Å². The molecule has 9 nitrogen and oxygen atoms in total. The number of carbonyl (C=O) groups excluding carboxylic acids is 2. The van der Waals surface area contributed by atoms with Gasteiger partial charge in [-0.1, -0.05) is 30.3 Å². The second kappa shape index (κ2) is 6.77.